The molecule has 1 atom stereocenters. The number of hydrogen-bond acceptors (Lipinski definition) is 7. The molecule has 3 aromatic rings. The Morgan fingerprint density at radius 2 is 1.71 bits per heavy atom. The number of benzene rings is 2. The second kappa shape index (κ2) is 8.51. The molecule has 0 aliphatic heterocycles. The van der Waals surface area contributed by atoms with Gasteiger partial charge in [-0.1, -0.05) is 24.3 Å². The number of fused-ring (bicyclic) bond motifs is 1. The highest BCUT2D eigenvalue weighted by Crippen LogP contribution is 2.40. The van der Waals surface area contributed by atoms with Crippen LogP contribution in [0.2, 0.25) is 0 Å². The largest absolute Gasteiger partial charge is 0.493 e. The lowest BCUT2D eigenvalue weighted by molar-refractivity contribution is -0.120. The Balaban J connectivity index is 1.73. The molecule has 2 aromatic carbocycles. The van der Waals surface area contributed by atoms with Gasteiger partial charge in [0.15, 0.2) is 11.5 Å². The number of nitrogens with zero attached hydrogens (tertiary/aromatic N) is 1. The van der Waals surface area contributed by atoms with Gasteiger partial charge in [-0.3, -0.25) is 9.59 Å². The second-order valence-corrected chi connectivity index (χ2v) is 7.14. The van der Waals surface area contributed by atoms with Crippen LogP contribution in [-0.4, -0.2) is 37.1 Å². The number of H-pyrrole nitrogens is 1. The summed E-state index contributed by atoms with van der Waals surface area (Å²) in [5.74, 6) is 1.11. The summed E-state index contributed by atoms with van der Waals surface area (Å²) in [5.41, 5.74) is 2.31. The molecule has 0 amide bonds. The molecule has 1 heterocycles. The van der Waals surface area contributed by atoms with Crippen molar-refractivity contribution in [2.75, 3.05) is 26.6 Å². The number of ether oxygens (including phenoxy) is 3. The molecule has 1 aliphatic rings. The van der Waals surface area contributed by atoms with Crippen LogP contribution in [0.25, 0.3) is 0 Å². The third-order valence-electron chi connectivity index (χ3n) is 5.35. The zero-order chi connectivity index (χ0) is 22.0. The number of aromatic amines is 1. The van der Waals surface area contributed by atoms with Crippen LogP contribution in [0.3, 0.4) is 0 Å². The first-order valence-electron chi connectivity index (χ1n) is 9.83. The van der Waals surface area contributed by atoms with Crippen molar-refractivity contribution in [2.24, 2.45) is 0 Å². The fourth-order valence-electron chi connectivity index (χ4n) is 3.90. The maximum atomic E-state index is 12.8. The first-order chi connectivity index (χ1) is 15.0. The zero-order valence-corrected chi connectivity index (χ0v) is 17.5. The van der Waals surface area contributed by atoms with Crippen LogP contribution in [0.1, 0.15) is 29.2 Å². The first-order valence-corrected chi connectivity index (χ1v) is 9.83. The quantitative estimate of drug-likeness (QED) is 0.630. The smallest absolute Gasteiger partial charge is 0.270 e. The molecule has 8 heteroatoms. The van der Waals surface area contributed by atoms with E-state index in [0.29, 0.717) is 41.6 Å². The molecule has 0 fully saturated rings. The first kappa shape index (κ1) is 20.5. The van der Waals surface area contributed by atoms with E-state index in [2.05, 4.69) is 15.3 Å². The van der Waals surface area contributed by atoms with Crippen molar-refractivity contribution in [3.05, 3.63) is 69.8 Å². The van der Waals surface area contributed by atoms with Crippen LogP contribution in [0.5, 0.6) is 17.2 Å². The number of methoxy groups -OCH3 is 3. The summed E-state index contributed by atoms with van der Waals surface area (Å²) >= 11 is 0. The van der Waals surface area contributed by atoms with Crippen LogP contribution in [-0.2, 0) is 11.2 Å². The third kappa shape index (κ3) is 3.84. The molecule has 0 radical (unpaired) electrons. The van der Waals surface area contributed by atoms with Gasteiger partial charge in [-0.2, -0.15) is 0 Å². The van der Waals surface area contributed by atoms with Crippen LogP contribution in [0, 0.1) is 0 Å². The van der Waals surface area contributed by atoms with Gasteiger partial charge in [-0.25, -0.2) is 4.98 Å². The summed E-state index contributed by atoms with van der Waals surface area (Å²) in [6.07, 6.45) is 2.52. The van der Waals surface area contributed by atoms with Gasteiger partial charge in [-0.15, -0.1) is 0 Å². The van der Waals surface area contributed by atoms with E-state index in [1.54, 1.807) is 12.1 Å². The Kier molecular flexibility index (Phi) is 5.62. The molecule has 0 spiro atoms. The van der Waals surface area contributed by atoms with Crippen molar-refractivity contribution in [3.63, 3.8) is 0 Å². The number of nitrogens with one attached hydrogen (secondary N) is 2. The lowest BCUT2D eigenvalue weighted by Gasteiger charge is -2.23. The number of aryl methyl sites for hydroxylation is 1. The van der Waals surface area contributed by atoms with Crippen molar-refractivity contribution < 1.29 is 19.0 Å². The normalized spacial score (nSPS) is 15.2. The number of hydrogen-bond donors (Lipinski definition) is 2. The van der Waals surface area contributed by atoms with E-state index in [1.165, 1.54) is 27.5 Å². The molecule has 160 valence electrons. The van der Waals surface area contributed by atoms with E-state index < -0.39 is 5.92 Å². The summed E-state index contributed by atoms with van der Waals surface area (Å²) in [6.45, 7) is 0. The highest BCUT2D eigenvalue weighted by Gasteiger charge is 2.32. The third-order valence-corrected chi connectivity index (χ3v) is 5.35. The molecule has 4 rings (SSSR count). The van der Waals surface area contributed by atoms with Gasteiger partial charge in [0.1, 0.15) is 17.3 Å². The van der Waals surface area contributed by atoms with Gasteiger partial charge in [0.05, 0.1) is 27.2 Å². The second-order valence-electron chi connectivity index (χ2n) is 7.14. The molecule has 2 N–H and O–H groups in total. The number of Topliss-reactive ketones (excluding diaryl/α,β-unsaturated/α-hetero) is 1. The Labute approximate surface area is 179 Å². The molecular formula is C23H23N3O5. The van der Waals surface area contributed by atoms with Gasteiger partial charge in [-0.05, 0) is 17.5 Å². The van der Waals surface area contributed by atoms with Crippen molar-refractivity contribution in [2.45, 2.75) is 18.8 Å². The van der Waals surface area contributed by atoms with E-state index >= 15 is 0 Å². The number of ketones is 1. The molecule has 1 aromatic heterocycles. The maximum absolute atomic E-state index is 12.8. The van der Waals surface area contributed by atoms with E-state index in [1.807, 2.05) is 24.3 Å². The molecule has 8 nitrogen and oxygen atoms in total. The fourth-order valence-corrected chi connectivity index (χ4v) is 3.90. The molecule has 0 bridgehead atoms. The Morgan fingerprint density at radius 1 is 1.00 bits per heavy atom. The van der Waals surface area contributed by atoms with E-state index in [4.69, 9.17) is 14.2 Å². The molecule has 0 saturated carbocycles. The van der Waals surface area contributed by atoms with Gasteiger partial charge in [0, 0.05) is 30.4 Å². The molecule has 1 aliphatic carbocycles. The standard InChI is InChI=1S/C23H23N3O5/c1-29-17-10-14(11-18(30-2)22(17)31-3)25-19-12-24-23(28)21(26-19)20-15-7-5-4-6-13(15)8-9-16(20)27/h4-7,10-12,20H,8-9H2,1-3H3,(H,24,28)(H,25,26). The maximum Gasteiger partial charge on any atom is 0.270 e. The summed E-state index contributed by atoms with van der Waals surface area (Å²) < 4.78 is 16.1. The van der Waals surface area contributed by atoms with Crippen LogP contribution in [0.4, 0.5) is 11.5 Å². The zero-order valence-electron chi connectivity index (χ0n) is 17.5. The number of anilines is 2. The van der Waals surface area contributed by atoms with Crippen LogP contribution >= 0.6 is 0 Å². The van der Waals surface area contributed by atoms with Gasteiger partial charge < -0.3 is 24.5 Å². The predicted molar refractivity (Wildman–Crippen MR) is 116 cm³/mol. The van der Waals surface area contributed by atoms with Gasteiger partial charge >= 0.3 is 0 Å². The Bertz CT molecular complexity index is 1160. The van der Waals surface area contributed by atoms with Crippen molar-refractivity contribution in [1.29, 1.82) is 0 Å². The van der Waals surface area contributed by atoms with Crippen molar-refractivity contribution in [1.82, 2.24) is 9.97 Å². The molecular weight excluding hydrogens is 398 g/mol. The average Bonchev–Trinajstić information content (AvgIpc) is 2.79. The highest BCUT2D eigenvalue weighted by atomic mass is 16.5. The minimum atomic E-state index is -0.685. The van der Waals surface area contributed by atoms with E-state index in [0.717, 1.165) is 11.1 Å². The summed E-state index contributed by atoms with van der Waals surface area (Å²) in [4.78, 5) is 32.6. The number of carbonyl (C=O) groups excluding carboxylic acids is 1. The Morgan fingerprint density at radius 3 is 2.39 bits per heavy atom. The Hall–Kier alpha value is -3.81. The van der Waals surface area contributed by atoms with Gasteiger partial charge in [0.2, 0.25) is 5.75 Å². The molecule has 0 saturated heterocycles. The van der Waals surface area contributed by atoms with E-state index in [9.17, 15) is 9.59 Å². The summed E-state index contributed by atoms with van der Waals surface area (Å²) in [5, 5.41) is 3.14. The van der Waals surface area contributed by atoms with Crippen molar-refractivity contribution in [3.8, 4) is 17.2 Å². The van der Waals surface area contributed by atoms with Crippen LogP contribution in [0.15, 0.2) is 47.4 Å². The lowest BCUT2D eigenvalue weighted by atomic mass is 9.80. The average molecular weight is 421 g/mol. The predicted octanol–water partition coefficient (Wildman–Crippen LogP) is 3.19. The van der Waals surface area contributed by atoms with Crippen LogP contribution < -0.4 is 25.1 Å². The number of aromatic nitrogens is 2. The van der Waals surface area contributed by atoms with Gasteiger partial charge in [0.25, 0.3) is 5.56 Å². The van der Waals surface area contributed by atoms with Crippen molar-refractivity contribution >= 4 is 17.3 Å². The number of rotatable bonds is 6. The monoisotopic (exact) mass is 421 g/mol. The molecule has 31 heavy (non-hydrogen) atoms. The SMILES string of the molecule is COc1cc(Nc2c[nH]c(=O)c(C3C(=O)CCc4ccccc43)n2)cc(OC)c1OC. The fraction of sp³-hybridized carbons (Fsp3) is 0.261. The minimum absolute atomic E-state index is 0.0124. The summed E-state index contributed by atoms with van der Waals surface area (Å²) in [6, 6.07) is 11.1. The van der Waals surface area contributed by atoms with E-state index in [-0.39, 0.29) is 17.0 Å². The minimum Gasteiger partial charge on any atom is -0.493 e. The lowest BCUT2D eigenvalue weighted by Crippen LogP contribution is -2.28. The highest BCUT2D eigenvalue weighted by molar-refractivity contribution is 5.90. The number of carbonyl (C=O) groups is 1. The topological polar surface area (TPSA) is 103 Å². The molecule has 1 unspecified atom stereocenters. The summed E-state index contributed by atoms with van der Waals surface area (Å²) in [7, 11) is 4.59.